The van der Waals surface area contributed by atoms with Crippen LogP contribution >= 0.6 is 15.9 Å². The van der Waals surface area contributed by atoms with E-state index < -0.39 is 0 Å². The van der Waals surface area contributed by atoms with Gasteiger partial charge in [0.25, 0.3) is 0 Å². The summed E-state index contributed by atoms with van der Waals surface area (Å²) in [4.78, 5) is 11.4. The van der Waals surface area contributed by atoms with Crippen LogP contribution in [0.2, 0.25) is 0 Å². The highest BCUT2D eigenvalue weighted by atomic mass is 79.9. The van der Waals surface area contributed by atoms with Crippen molar-refractivity contribution >= 4 is 27.4 Å². The van der Waals surface area contributed by atoms with Gasteiger partial charge in [0.2, 0.25) is 0 Å². The van der Waals surface area contributed by atoms with E-state index >= 15 is 0 Å². The van der Waals surface area contributed by atoms with E-state index in [1.807, 2.05) is 13.0 Å². The van der Waals surface area contributed by atoms with E-state index in [9.17, 15) is 4.79 Å². The number of alkyl halides is 1. The van der Waals surface area contributed by atoms with Crippen molar-refractivity contribution in [1.82, 2.24) is 0 Å². The van der Waals surface area contributed by atoms with Crippen LogP contribution in [0.1, 0.15) is 29.3 Å². The molecule has 0 heterocycles. The van der Waals surface area contributed by atoms with Gasteiger partial charge in [0.1, 0.15) is 0 Å². The quantitative estimate of drug-likeness (QED) is 0.503. The van der Waals surface area contributed by atoms with Crippen molar-refractivity contribution in [2.24, 2.45) is 0 Å². The summed E-state index contributed by atoms with van der Waals surface area (Å²) in [5, 5.41) is 0.666. The van der Waals surface area contributed by atoms with Crippen LogP contribution in [-0.4, -0.2) is 5.78 Å². The third-order valence-corrected chi connectivity index (χ3v) is 2.50. The average Bonchev–Trinajstić information content (AvgIpc) is 2.16. The number of hydrogen-bond donors (Lipinski definition) is 1. The van der Waals surface area contributed by atoms with Gasteiger partial charge in [-0.2, -0.15) is 0 Å². The number of carbonyl (C=O) groups is 1. The standard InChI is InChI=1S/C10H12BrNO/c1-2-10(13)9-4-3-8(12)5-7(9)6-11/h3-5H,2,6,12H2,1H3. The second-order valence-electron chi connectivity index (χ2n) is 2.83. The average molecular weight is 242 g/mol. The predicted molar refractivity (Wildman–Crippen MR) is 58.1 cm³/mol. The summed E-state index contributed by atoms with van der Waals surface area (Å²) in [6, 6.07) is 5.38. The molecule has 3 heteroatoms. The largest absolute Gasteiger partial charge is 0.399 e. The van der Waals surface area contributed by atoms with Crippen LogP contribution < -0.4 is 5.73 Å². The predicted octanol–water partition coefficient (Wildman–Crippen LogP) is 2.76. The van der Waals surface area contributed by atoms with Gasteiger partial charge in [0, 0.05) is 23.0 Å². The molecule has 0 aromatic heterocycles. The van der Waals surface area contributed by atoms with Gasteiger partial charge >= 0.3 is 0 Å². The summed E-state index contributed by atoms with van der Waals surface area (Å²) in [5.74, 6) is 0.162. The molecular weight excluding hydrogens is 230 g/mol. The molecule has 0 aliphatic carbocycles. The SMILES string of the molecule is CCC(=O)c1ccc(N)cc1CBr. The van der Waals surface area contributed by atoms with Crippen molar-refractivity contribution in [2.75, 3.05) is 5.73 Å². The van der Waals surface area contributed by atoms with E-state index in [0.29, 0.717) is 17.4 Å². The lowest BCUT2D eigenvalue weighted by Gasteiger charge is -2.05. The van der Waals surface area contributed by atoms with Crippen LogP contribution in [0.5, 0.6) is 0 Å². The number of anilines is 1. The Morgan fingerprint density at radius 2 is 2.23 bits per heavy atom. The number of nitrogens with two attached hydrogens (primary N) is 1. The van der Waals surface area contributed by atoms with Gasteiger partial charge in [-0.3, -0.25) is 4.79 Å². The van der Waals surface area contributed by atoms with E-state index in [0.717, 1.165) is 11.1 Å². The lowest BCUT2D eigenvalue weighted by molar-refractivity contribution is 0.0987. The summed E-state index contributed by atoms with van der Waals surface area (Å²) in [6.07, 6.45) is 0.532. The Morgan fingerprint density at radius 1 is 1.54 bits per heavy atom. The Labute approximate surface area is 86.3 Å². The molecule has 0 radical (unpaired) electrons. The Balaban J connectivity index is 3.13. The van der Waals surface area contributed by atoms with E-state index in [1.54, 1.807) is 12.1 Å². The summed E-state index contributed by atoms with van der Waals surface area (Å²) >= 11 is 3.33. The molecule has 13 heavy (non-hydrogen) atoms. The first-order valence-corrected chi connectivity index (χ1v) is 5.28. The molecule has 0 saturated carbocycles. The minimum absolute atomic E-state index is 0.162. The first kappa shape index (κ1) is 10.3. The summed E-state index contributed by atoms with van der Waals surface area (Å²) < 4.78 is 0. The van der Waals surface area contributed by atoms with Crippen LogP contribution in [0.3, 0.4) is 0 Å². The van der Waals surface area contributed by atoms with Gasteiger partial charge in [-0.1, -0.05) is 22.9 Å². The molecule has 0 unspecified atom stereocenters. The molecule has 0 aliphatic heterocycles. The second-order valence-corrected chi connectivity index (χ2v) is 3.39. The third-order valence-electron chi connectivity index (χ3n) is 1.89. The molecule has 0 spiro atoms. The maximum Gasteiger partial charge on any atom is 0.162 e. The number of carbonyl (C=O) groups excluding carboxylic acids is 1. The van der Waals surface area contributed by atoms with Crippen LogP contribution in [0, 0.1) is 0 Å². The topological polar surface area (TPSA) is 43.1 Å². The van der Waals surface area contributed by atoms with Crippen LogP contribution in [0.4, 0.5) is 5.69 Å². The minimum atomic E-state index is 0.162. The fraction of sp³-hybridized carbons (Fsp3) is 0.300. The molecule has 0 saturated heterocycles. The van der Waals surface area contributed by atoms with Crippen molar-refractivity contribution in [3.8, 4) is 0 Å². The lowest BCUT2D eigenvalue weighted by atomic mass is 10.0. The molecule has 0 fully saturated rings. The molecule has 1 aromatic carbocycles. The summed E-state index contributed by atoms with van der Waals surface area (Å²) in [6.45, 7) is 1.86. The molecule has 2 nitrogen and oxygen atoms in total. The fourth-order valence-electron chi connectivity index (χ4n) is 1.19. The monoisotopic (exact) mass is 241 g/mol. The maximum absolute atomic E-state index is 11.4. The number of halogens is 1. The maximum atomic E-state index is 11.4. The second kappa shape index (κ2) is 4.42. The first-order valence-electron chi connectivity index (χ1n) is 4.16. The van der Waals surface area contributed by atoms with Crippen LogP contribution in [0.25, 0.3) is 0 Å². The molecular formula is C10H12BrNO. The minimum Gasteiger partial charge on any atom is -0.399 e. The normalized spacial score (nSPS) is 10.0. The highest BCUT2D eigenvalue weighted by Crippen LogP contribution is 2.17. The van der Waals surface area contributed by atoms with Gasteiger partial charge < -0.3 is 5.73 Å². The van der Waals surface area contributed by atoms with E-state index in [1.165, 1.54) is 0 Å². The van der Waals surface area contributed by atoms with Gasteiger partial charge in [0.05, 0.1) is 0 Å². The molecule has 0 atom stereocenters. The summed E-state index contributed by atoms with van der Waals surface area (Å²) in [7, 11) is 0. The molecule has 0 bridgehead atoms. The van der Waals surface area contributed by atoms with Crippen LogP contribution in [-0.2, 0) is 5.33 Å². The van der Waals surface area contributed by atoms with Crippen molar-refractivity contribution in [2.45, 2.75) is 18.7 Å². The van der Waals surface area contributed by atoms with Crippen molar-refractivity contribution in [1.29, 1.82) is 0 Å². The van der Waals surface area contributed by atoms with E-state index in [4.69, 9.17) is 5.73 Å². The highest BCUT2D eigenvalue weighted by molar-refractivity contribution is 9.08. The number of ketones is 1. The molecule has 0 aliphatic rings. The molecule has 2 N–H and O–H groups in total. The third kappa shape index (κ3) is 2.31. The lowest BCUT2D eigenvalue weighted by Crippen LogP contribution is -2.01. The zero-order valence-corrected chi connectivity index (χ0v) is 9.10. The Bertz CT molecular complexity index is 323. The van der Waals surface area contributed by atoms with Gasteiger partial charge in [-0.25, -0.2) is 0 Å². The van der Waals surface area contributed by atoms with Gasteiger partial charge in [-0.15, -0.1) is 0 Å². The zero-order valence-electron chi connectivity index (χ0n) is 7.51. The van der Waals surface area contributed by atoms with E-state index in [-0.39, 0.29) is 5.78 Å². The van der Waals surface area contributed by atoms with Gasteiger partial charge in [0.15, 0.2) is 5.78 Å². The van der Waals surface area contributed by atoms with Gasteiger partial charge in [-0.05, 0) is 23.8 Å². The highest BCUT2D eigenvalue weighted by Gasteiger charge is 2.08. The number of Topliss-reactive ketones (excluding diaryl/α,β-unsaturated/α-hetero) is 1. The Kier molecular flexibility index (Phi) is 3.48. The number of hydrogen-bond acceptors (Lipinski definition) is 2. The smallest absolute Gasteiger partial charge is 0.162 e. The van der Waals surface area contributed by atoms with Crippen molar-refractivity contribution < 1.29 is 4.79 Å². The molecule has 1 aromatic rings. The number of rotatable bonds is 3. The molecule has 0 amide bonds. The molecule has 70 valence electrons. The molecule has 1 rings (SSSR count). The first-order chi connectivity index (χ1) is 6.19. The number of benzene rings is 1. The number of nitrogen functional groups attached to an aromatic ring is 1. The zero-order chi connectivity index (χ0) is 9.84. The van der Waals surface area contributed by atoms with Crippen molar-refractivity contribution in [3.05, 3.63) is 29.3 Å². The summed E-state index contributed by atoms with van der Waals surface area (Å²) in [5.41, 5.74) is 8.05. The van der Waals surface area contributed by atoms with Crippen molar-refractivity contribution in [3.63, 3.8) is 0 Å². The Hall–Kier alpha value is -0.830. The van der Waals surface area contributed by atoms with Crippen LogP contribution in [0.15, 0.2) is 18.2 Å². The van der Waals surface area contributed by atoms with E-state index in [2.05, 4.69) is 15.9 Å². The fourth-order valence-corrected chi connectivity index (χ4v) is 1.65. The Morgan fingerprint density at radius 3 is 2.77 bits per heavy atom.